The van der Waals surface area contributed by atoms with E-state index in [0.717, 1.165) is 37.6 Å². The number of carbonyl (C=O) groups is 1. The van der Waals surface area contributed by atoms with E-state index in [4.69, 9.17) is 14.2 Å². The Kier molecular flexibility index (Phi) is 6.34. The molecule has 2 rings (SSSR count). The smallest absolute Gasteiger partial charge is 0.220 e. The standard InChI is InChI=1S/C16H23NO4/c1-19-14-2-4-15(5-3-14)21-11-8-17-16(18)12-13-6-9-20-10-7-13/h2-5,13H,6-12H2,1H3,(H,17,18). The van der Waals surface area contributed by atoms with Gasteiger partial charge in [0.15, 0.2) is 0 Å². The van der Waals surface area contributed by atoms with Gasteiger partial charge in [0, 0.05) is 19.6 Å². The Morgan fingerprint density at radius 3 is 2.57 bits per heavy atom. The summed E-state index contributed by atoms with van der Waals surface area (Å²) in [6.07, 6.45) is 2.55. The molecule has 1 aromatic carbocycles. The first kappa shape index (κ1) is 15.6. The van der Waals surface area contributed by atoms with Gasteiger partial charge in [-0.1, -0.05) is 0 Å². The summed E-state index contributed by atoms with van der Waals surface area (Å²) in [6, 6.07) is 7.39. The van der Waals surface area contributed by atoms with Crippen LogP contribution in [0.4, 0.5) is 0 Å². The third kappa shape index (κ3) is 5.63. The Hall–Kier alpha value is -1.75. The van der Waals surface area contributed by atoms with E-state index >= 15 is 0 Å². The van der Waals surface area contributed by atoms with E-state index in [2.05, 4.69) is 5.32 Å². The molecule has 0 aliphatic carbocycles. The zero-order valence-electron chi connectivity index (χ0n) is 12.5. The highest BCUT2D eigenvalue weighted by molar-refractivity contribution is 5.76. The zero-order valence-corrected chi connectivity index (χ0v) is 12.5. The second-order valence-corrected chi connectivity index (χ2v) is 5.13. The summed E-state index contributed by atoms with van der Waals surface area (Å²) >= 11 is 0. The fourth-order valence-corrected chi connectivity index (χ4v) is 2.32. The molecule has 1 amide bonds. The van der Waals surface area contributed by atoms with E-state index in [1.165, 1.54) is 0 Å². The van der Waals surface area contributed by atoms with Gasteiger partial charge in [0.2, 0.25) is 5.91 Å². The maximum absolute atomic E-state index is 11.8. The van der Waals surface area contributed by atoms with Gasteiger partial charge < -0.3 is 19.5 Å². The van der Waals surface area contributed by atoms with Gasteiger partial charge in [-0.2, -0.15) is 0 Å². The lowest BCUT2D eigenvalue weighted by molar-refractivity contribution is -0.122. The van der Waals surface area contributed by atoms with Crippen LogP contribution in [0.2, 0.25) is 0 Å². The van der Waals surface area contributed by atoms with Gasteiger partial charge in [-0.05, 0) is 43.0 Å². The highest BCUT2D eigenvalue weighted by Gasteiger charge is 2.16. The summed E-state index contributed by atoms with van der Waals surface area (Å²) in [5.41, 5.74) is 0. The Labute approximate surface area is 125 Å². The van der Waals surface area contributed by atoms with E-state index in [1.54, 1.807) is 7.11 Å². The molecule has 1 aromatic rings. The number of nitrogens with one attached hydrogen (secondary N) is 1. The maximum Gasteiger partial charge on any atom is 0.220 e. The summed E-state index contributed by atoms with van der Waals surface area (Å²) in [5, 5.41) is 2.89. The van der Waals surface area contributed by atoms with Crippen LogP contribution in [0.1, 0.15) is 19.3 Å². The van der Waals surface area contributed by atoms with Crippen molar-refractivity contribution in [1.82, 2.24) is 5.32 Å². The van der Waals surface area contributed by atoms with Gasteiger partial charge >= 0.3 is 0 Å². The number of rotatable bonds is 7. The third-order valence-electron chi connectivity index (χ3n) is 3.57. The van der Waals surface area contributed by atoms with Gasteiger partial charge in [0.25, 0.3) is 0 Å². The number of amides is 1. The predicted molar refractivity (Wildman–Crippen MR) is 79.7 cm³/mol. The summed E-state index contributed by atoms with van der Waals surface area (Å²) in [6.45, 7) is 2.54. The molecule has 1 N–H and O–H groups in total. The second-order valence-electron chi connectivity index (χ2n) is 5.13. The molecule has 0 bridgehead atoms. The van der Waals surface area contributed by atoms with Gasteiger partial charge in [0.05, 0.1) is 13.7 Å². The Balaban J connectivity index is 1.58. The number of carbonyl (C=O) groups excluding carboxylic acids is 1. The maximum atomic E-state index is 11.8. The molecule has 5 nitrogen and oxygen atoms in total. The Bertz CT molecular complexity index is 426. The molecule has 1 aliphatic heterocycles. The van der Waals surface area contributed by atoms with Crippen LogP contribution in [-0.4, -0.2) is 39.4 Å². The quantitative estimate of drug-likeness (QED) is 0.781. The minimum Gasteiger partial charge on any atom is -0.497 e. The first-order chi connectivity index (χ1) is 10.3. The topological polar surface area (TPSA) is 56.8 Å². The summed E-state index contributed by atoms with van der Waals surface area (Å²) in [5.74, 6) is 2.13. The van der Waals surface area contributed by atoms with E-state index in [9.17, 15) is 4.79 Å². The van der Waals surface area contributed by atoms with Crippen molar-refractivity contribution in [2.24, 2.45) is 5.92 Å². The summed E-state index contributed by atoms with van der Waals surface area (Å²) < 4.78 is 15.9. The lowest BCUT2D eigenvalue weighted by Crippen LogP contribution is -2.31. The van der Waals surface area contributed by atoms with E-state index < -0.39 is 0 Å². The SMILES string of the molecule is COc1ccc(OCCNC(=O)CC2CCOCC2)cc1. The largest absolute Gasteiger partial charge is 0.497 e. The molecule has 1 heterocycles. The van der Waals surface area contributed by atoms with Gasteiger partial charge in [-0.25, -0.2) is 0 Å². The van der Waals surface area contributed by atoms with Crippen molar-refractivity contribution in [2.75, 3.05) is 33.5 Å². The number of methoxy groups -OCH3 is 1. The summed E-state index contributed by atoms with van der Waals surface area (Å²) in [4.78, 5) is 11.8. The van der Waals surface area contributed by atoms with E-state index in [-0.39, 0.29) is 5.91 Å². The molecule has 0 saturated carbocycles. The molecule has 0 aromatic heterocycles. The molecular weight excluding hydrogens is 270 g/mol. The van der Waals surface area contributed by atoms with Crippen LogP contribution in [0, 0.1) is 5.92 Å². The van der Waals surface area contributed by atoms with Crippen molar-refractivity contribution in [1.29, 1.82) is 0 Å². The molecule has 21 heavy (non-hydrogen) atoms. The van der Waals surface area contributed by atoms with E-state index in [1.807, 2.05) is 24.3 Å². The van der Waals surface area contributed by atoms with Crippen LogP contribution in [0.3, 0.4) is 0 Å². The molecule has 5 heteroatoms. The average Bonchev–Trinajstić information content (AvgIpc) is 2.53. The zero-order chi connectivity index (χ0) is 14.9. The molecule has 1 fully saturated rings. The fourth-order valence-electron chi connectivity index (χ4n) is 2.32. The van der Waals surface area contributed by atoms with Crippen molar-refractivity contribution in [3.63, 3.8) is 0 Å². The van der Waals surface area contributed by atoms with Gasteiger partial charge in [-0.15, -0.1) is 0 Å². The number of ether oxygens (including phenoxy) is 3. The van der Waals surface area contributed by atoms with Crippen molar-refractivity contribution >= 4 is 5.91 Å². The average molecular weight is 293 g/mol. The Morgan fingerprint density at radius 2 is 1.90 bits per heavy atom. The lowest BCUT2D eigenvalue weighted by Gasteiger charge is -2.21. The van der Waals surface area contributed by atoms with Crippen LogP contribution in [0.15, 0.2) is 24.3 Å². The molecule has 0 atom stereocenters. The molecule has 1 saturated heterocycles. The molecule has 0 unspecified atom stereocenters. The minimum atomic E-state index is 0.0974. The minimum absolute atomic E-state index is 0.0974. The molecule has 1 aliphatic rings. The molecule has 0 radical (unpaired) electrons. The van der Waals surface area contributed by atoms with Crippen molar-refractivity contribution in [2.45, 2.75) is 19.3 Å². The first-order valence-corrected chi connectivity index (χ1v) is 7.39. The molecule has 116 valence electrons. The Morgan fingerprint density at radius 1 is 1.24 bits per heavy atom. The number of hydrogen-bond donors (Lipinski definition) is 1. The van der Waals surface area contributed by atoms with Gasteiger partial charge in [0.1, 0.15) is 18.1 Å². The highest BCUT2D eigenvalue weighted by Crippen LogP contribution is 2.18. The van der Waals surface area contributed by atoms with Crippen molar-refractivity contribution in [3.05, 3.63) is 24.3 Å². The van der Waals surface area contributed by atoms with Crippen molar-refractivity contribution < 1.29 is 19.0 Å². The fraction of sp³-hybridized carbons (Fsp3) is 0.562. The second kappa shape index (κ2) is 8.52. The van der Waals surface area contributed by atoms with Crippen LogP contribution in [-0.2, 0) is 9.53 Å². The van der Waals surface area contributed by atoms with Crippen LogP contribution in [0.5, 0.6) is 11.5 Å². The molecular formula is C16H23NO4. The van der Waals surface area contributed by atoms with Crippen LogP contribution in [0.25, 0.3) is 0 Å². The van der Waals surface area contributed by atoms with E-state index in [0.29, 0.717) is 25.5 Å². The molecule has 0 spiro atoms. The normalized spacial score (nSPS) is 15.5. The first-order valence-electron chi connectivity index (χ1n) is 7.39. The van der Waals surface area contributed by atoms with Crippen molar-refractivity contribution in [3.8, 4) is 11.5 Å². The van der Waals surface area contributed by atoms with Crippen LogP contribution >= 0.6 is 0 Å². The highest BCUT2D eigenvalue weighted by atomic mass is 16.5. The number of hydrogen-bond acceptors (Lipinski definition) is 4. The van der Waals surface area contributed by atoms with Gasteiger partial charge in [-0.3, -0.25) is 4.79 Å². The predicted octanol–water partition coefficient (Wildman–Crippen LogP) is 2.01. The lowest BCUT2D eigenvalue weighted by atomic mass is 9.96. The monoisotopic (exact) mass is 293 g/mol. The summed E-state index contributed by atoms with van der Waals surface area (Å²) in [7, 11) is 1.63. The van der Waals surface area contributed by atoms with Crippen LogP contribution < -0.4 is 14.8 Å². The third-order valence-corrected chi connectivity index (χ3v) is 3.57. The number of benzene rings is 1.